The molecule has 160 valence electrons. The number of aryl methyl sites for hydroxylation is 1. The van der Waals surface area contributed by atoms with Gasteiger partial charge in [-0.25, -0.2) is 4.98 Å². The SMILES string of the molecule is CN.Cc1cc(C=O)cc2[nH]c(-c3ccc(OCCCC4CCCCN4)cc3)nc12. The molecule has 4 N–H and O–H groups in total. The molecule has 2 aromatic carbocycles. The number of rotatable bonds is 7. The average Bonchev–Trinajstić information content (AvgIpc) is 3.24. The van der Waals surface area contributed by atoms with Gasteiger partial charge in [0.1, 0.15) is 17.9 Å². The van der Waals surface area contributed by atoms with Crippen molar-refractivity contribution in [1.29, 1.82) is 0 Å². The number of nitrogens with two attached hydrogens (primary N) is 1. The van der Waals surface area contributed by atoms with Gasteiger partial charge in [-0.3, -0.25) is 4.79 Å². The molecule has 0 spiro atoms. The third-order valence-electron chi connectivity index (χ3n) is 5.44. The zero-order valence-electron chi connectivity index (χ0n) is 17.9. The van der Waals surface area contributed by atoms with Crippen LogP contribution in [0.5, 0.6) is 5.75 Å². The summed E-state index contributed by atoms with van der Waals surface area (Å²) in [5, 5.41) is 3.58. The number of carbonyl (C=O) groups excluding carboxylic acids is 1. The van der Waals surface area contributed by atoms with Crippen molar-refractivity contribution in [2.24, 2.45) is 5.73 Å². The van der Waals surface area contributed by atoms with E-state index in [1.165, 1.54) is 32.7 Å². The summed E-state index contributed by atoms with van der Waals surface area (Å²) in [6.07, 6.45) is 7.06. The van der Waals surface area contributed by atoms with Crippen LogP contribution in [-0.4, -0.2) is 42.5 Å². The molecule has 0 aliphatic carbocycles. The Balaban J connectivity index is 0.00000124. The third kappa shape index (κ3) is 5.46. The molecule has 1 atom stereocenters. The molecule has 6 nitrogen and oxygen atoms in total. The first kappa shape index (κ1) is 22.0. The molecular weight excluding hydrogens is 376 g/mol. The van der Waals surface area contributed by atoms with Crippen LogP contribution in [0.4, 0.5) is 0 Å². The van der Waals surface area contributed by atoms with Gasteiger partial charge in [0.2, 0.25) is 0 Å². The summed E-state index contributed by atoms with van der Waals surface area (Å²) < 4.78 is 5.90. The second-order valence-corrected chi connectivity index (χ2v) is 7.60. The number of H-pyrrole nitrogens is 1. The van der Waals surface area contributed by atoms with Crippen LogP contribution in [0.15, 0.2) is 36.4 Å². The number of piperidine rings is 1. The lowest BCUT2D eigenvalue weighted by Gasteiger charge is -2.23. The van der Waals surface area contributed by atoms with Crippen molar-refractivity contribution < 1.29 is 9.53 Å². The van der Waals surface area contributed by atoms with Crippen molar-refractivity contribution in [3.05, 3.63) is 47.5 Å². The molecule has 1 unspecified atom stereocenters. The number of imidazole rings is 1. The lowest BCUT2D eigenvalue weighted by molar-refractivity contribution is 0.112. The molecule has 1 aromatic heterocycles. The first-order valence-electron chi connectivity index (χ1n) is 10.7. The number of nitrogens with one attached hydrogen (secondary N) is 2. The standard InChI is InChI=1S/C23H27N3O2.CH5N/c1-16-13-17(15-27)14-21-22(16)26-23(25-21)18-7-9-20(10-8-18)28-12-4-6-19-5-2-3-11-24-19;1-2/h7-10,13-15,19,24H,2-6,11-12H2,1H3,(H,25,26);2H2,1H3. The lowest BCUT2D eigenvalue weighted by atomic mass is 10.0. The first-order valence-corrected chi connectivity index (χ1v) is 10.7. The van der Waals surface area contributed by atoms with E-state index in [2.05, 4.69) is 16.0 Å². The molecule has 30 heavy (non-hydrogen) atoms. The number of nitrogens with zero attached hydrogens (tertiary/aromatic N) is 1. The lowest BCUT2D eigenvalue weighted by Crippen LogP contribution is -2.34. The van der Waals surface area contributed by atoms with Gasteiger partial charge in [0.05, 0.1) is 17.6 Å². The number of hydrogen-bond acceptors (Lipinski definition) is 5. The monoisotopic (exact) mass is 408 g/mol. The molecule has 6 heteroatoms. The number of hydrogen-bond donors (Lipinski definition) is 3. The molecule has 1 fully saturated rings. The summed E-state index contributed by atoms with van der Waals surface area (Å²) in [5.41, 5.74) is 8.94. The van der Waals surface area contributed by atoms with Crippen LogP contribution >= 0.6 is 0 Å². The van der Waals surface area contributed by atoms with Gasteiger partial charge in [-0.1, -0.05) is 6.42 Å². The highest BCUT2D eigenvalue weighted by molar-refractivity contribution is 5.88. The molecule has 0 bridgehead atoms. The number of carbonyl (C=O) groups is 1. The largest absolute Gasteiger partial charge is 0.494 e. The number of fused-ring (bicyclic) bond motifs is 1. The third-order valence-corrected chi connectivity index (χ3v) is 5.44. The minimum Gasteiger partial charge on any atom is -0.494 e. The molecule has 1 aliphatic rings. The Bertz CT molecular complexity index is 944. The summed E-state index contributed by atoms with van der Waals surface area (Å²) in [6, 6.07) is 12.4. The molecule has 2 heterocycles. The fourth-order valence-corrected chi connectivity index (χ4v) is 3.92. The van der Waals surface area contributed by atoms with E-state index in [9.17, 15) is 4.79 Å². The van der Waals surface area contributed by atoms with Gasteiger partial charge in [0, 0.05) is 17.2 Å². The number of benzene rings is 2. The number of aldehydes is 1. The van der Waals surface area contributed by atoms with Gasteiger partial charge in [-0.2, -0.15) is 0 Å². The minimum absolute atomic E-state index is 0.660. The summed E-state index contributed by atoms with van der Waals surface area (Å²) in [4.78, 5) is 19.1. The maximum absolute atomic E-state index is 11.1. The zero-order valence-corrected chi connectivity index (χ0v) is 17.9. The Labute approximate surface area is 178 Å². The van der Waals surface area contributed by atoms with Gasteiger partial charge in [-0.15, -0.1) is 0 Å². The van der Waals surface area contributed by atoms with Crippen molar-refractivity contribution in [1.82, 2.24) is 15.3 Å². The van der Waals surface area contributed by atoms with E-state index in [0.717, 1.165) is 59.6 Å². The Hall–Kier alpha value is -2.70. The first-order chi connectivity index (χ1) is 14.7. The topological polar surface area (TPSA) is 93.0 Å². The normalized spacial score (nSPS) is 16.0. The van der Waals surface area contributed by atoms with Crippen LogP contribution < -0.4 is 15.8 Å². The van der Waals surface area contributed by atoms with Gasteiger partial charge in [0.25, 0.3) is 0 Å². The second kappa shape index (κ2) is 10.9. The highest BCUT2D eigenvalue weighted by Gasteiger charge is 2.12. The molecule has 1 saturated heterocycles. The van der Waals surface area contributed by atoms with E-state index >= 15 is 0 Å². The summed E-state index contributed by atoms with van der Waals surface area (Å²) in [5.74, 6) is 1.69. The van der Waals surface area contributed by atoms with Crippen LogP contribution in [0.3, 0.4) is 0 Å². The van der Waals surface area contributed by atoms with Gasteiger partial charge in [-0.05, 0) is 88.2 Å². The molecule has 3 aromatic rings. The Morgan fingerprint density at radius 2 is 2.00 bits per heavy atom. The maximum atomic E-state index is 11.1. The van der Waals surface area contributed by atoms with Crippen LogP contribution in [0.1, 0.15) is 48.0 Å². The summed E-state index contributed by atoms with van der Waals surface area (Å²) >= 11 is 0. The summed E-state index contributed by atoms with van der Waals surface area (Å²) in [7, 11) is 1.50. The number of ether oxygens (including phenoxy) is 1. The van der Waals surface area contributed by atoms with Crippen molar-refractivity contribution in [3.63, 3.8) is 0 Å². The van der Waals surface area contributed by atoms with Crippen molar-refractivity contribution in [2.45, 2.75) is 45.1 Å². The average molecular weight is 409 g/mol. The minimum atomic E-state index is 0.660. The summed E-state index contributed by atoms with van der Waals surface area (Å²) in [6.45, 7) is 3.88. The predicted molar refractivity (Wildman–Crippen MR) is 122 cm³/mol. The highest BCUT2D eigenvalue weighted by atomic mass is 16.5. The Kier molecular flexibility index (Phi) is 7.99. The van der Waals surface area contributed by atoms with Crippen LogP contribution in [0.2, 0.25) is 0 Å². The molecule has 0 amide bonds. The Morgan fingerprint density at radius 1 is 1.20 bits per heavy atom. The van der Waals surface area contributed by atoms with Gasteiger partial charge < -0.3 is 20.8 Å². The zero-order chi connectivity index (χ0) is 21.3. The van der Waals surface area contributed by atoms with Crippen LogP contribution in [0, 0.1) is 6.92 Å². The van der Waals surface area contributed by atoms with Crippen molar-refractivity contribution in [3.8, 4) is 17.1 Å². The molecule has 0 saturated carbocycles. The predicted octanol–water partition coefficient (Wildman–Crippen LogP) is 4.23. The van der Waals surface area contributed by atoms with E-state index in [-0.39, 0.29) is 0 Å². The maximum Gasteiger partial charge on any atom is 0.150 e. The van der Waals surface area contributed by atoms with E-state index in [1.54, 1.807) is 0 Å². The van der Waals surface area contributed by atoms with E-state index in [0.29, 0.717) is 11.6 Å². The highest BCUT2D eigenvalue weighted by Crippen LogP contribution is 2.25. The smallest absolute Gasteiger partial charge is 0.150 e. The van der Waals surface area contributed by atoms with Gasteiger partial charge >= 0.3 is 0 Å². The van der Waals surface area contributed by atoms with Crippen LogP contribution in [0.25, 0.3) is 22.4 Å². The molecular formula is C24H32N4O2. The molecule has 1 aliphatic heterocycles. The quantitative estimate of drug-likeness (QED) is 0.402. The Morgan fingerprint density at radius 3 is 2.70 bits per heavy atom. The van der Waals surface area contributed by atoms with Crippen molar-refractivity contribution in [2.75, 3.05) is 20.2 Å². The van der Waals surface area contributed by atoms with E-state index in [1.807, 2.05) is 43.3 Å². The molecule has 4 rings (SSSR count). The number of aromatic amines is 1. The second-order valence-electron chi connectivity index (χ2n) is 7.60. The van der Waals surface area contributed by atoms with Crippen molar-refractivity contribution >= 4 is 17.3 Å². The van der Waals surface area contributed by atoms with E-state index in [4.69, 9.17) is 9.72 Å². The number of aromatic nitrogens is 2. The van der Waals surface area contributed by atoms with Crippen LogP contribution in [-0.2, 0) is 0 Å². The molecule has 0 radical (unpaired) electrons. The van der Waals surface area contributed by atoms with Gasteiger partial charge in [0.15, 0.2) is 0 Å². The van der Waals surface area contributed by atoms with E-state index < -0.39 is 0 Å². The fraction of sp³-hybridized carbons (Fsp3) is 0.417. The fourth-order valence-electron chi connectivity index (χ4n) is 3.92.